The quantitative estimate of drug-likeness (QED) is 0.163. The first-order valence-corrected chi connectivity index (χ1v) is 11.1. The molecule has 1 aromatic carbocycles. The summed E-state index contributed by atoms with van der Waals surface area (Å²) in [7, 11) is 2.83. The Hall–Kier alpha value is -1.31. The number of esters is 2. The number of hydrogen-bond acceptors (Lipinski definition) is 5. The predicted molar refractivity (Wildman–Crippen MR) is 114 cm³/mol. The summed E-state index contributed by atoms with van der Waals surface area (Å²) in [6, 6.07) is 7.76. The summed E-state index contributed by atoms with van der Waals surface area (Å²) in [5, 5.41) is 0. The topological polar surface area (TPSA) is 61.8 Å². The maximum absolute atomic E-state index is 12.2. The van der Waals surface area contributed by atoms with Gasteiger partial charge in [-0.25, -0.2) is 0 Å². The number of hydrogen-bond donors (Lipinski definition) is 0. The molecule has 0 aliphatic heterocycles. The zero-order valence-electron chi connectivity index (χ0n) is 16.4. The maximum Gasteiger partial charge on any atom is 0.308 e. The molecule has 0 bridgehead atoms. The predicted octanol–water partition coefficient (Wildman–Crippen LogP) is 4.74. The van der Waals surface area contributed by atoms with Gasteiger partial charge in [-0.05, 0) is 41.7 Å². The Morgan fingerprint density at radius 2 is 1.74 bits per heavy atom. The van der Waals surface area contributed by atoms with Gasteiger partial charge in [0, 0.05) is 6.42 Å². The molecular weight excluding hydrogens is 459 g/mol. The second-order valence-electron chi connectivity index (χ2n) is 6.45. The number of halogens is 1. The zero-order chi connectivity index (χ0) is 19.9. The average molecular weight is 490 g/mol. The third kappa shape index (κ3) is 9.98. The minimum atomic E-state index is -0.236. The SMILES string of the molecule is COC(=O)CCCOc1ccccc1CC(CCCCCCI)C(=O)OC. The van der Waals surface area contributed by atoms with Crippen LogP contribution in [0, 0.1) is 5.92 Å². The number of methoxy groups -OCH3 is 2. The summed E-state index contributed by atoms with van der Waals surface area (Å²) in [5.41, 5.74) is 0.998. The molecule has 0 heterocycles. The number of carbonyl (C=O) groups is 2. The molecule has 0 amide bonds. The van der Waals surface area contributed by atoms with E-state index in [4.69, 9.17) is 9.47 Å². The van der Waals surface area contributed by atoms with Crippen molar-refractivity contribution in [2.24, 2.45) is 5.92 Å². The number of alkyl halides is 1. The van der Waals surface area contributed by atoms with E-state index in [0.717, 1.165) is 30.6 Å². The van der Waals surface area contributed by atoms with Crippen LogP contribution in [0.1, 0.15) is 50.5 Å². The van der Waals surface area contributed by atoms with Crippen molar-refractivity contribution in [3.63, 3.8) is 0 Å². The lowest BCUT2D eigenvalue weighted by molar-refractivity contribution is -0.145. The van der Waals surface area contributed by atoms with Crippen LogP contribution in [0.5, 0.6) is 5.75 Å². The second-order valence-corrected chi connectivity index (χ2v) is 7.53. The molecule has 0 saturated carbocycles. The first-order chi connectivity index (χ1) is 13.1. The van der Waals surface area contributed by atoms with Crippen LogP contribution in [0.2, 0.25) is 0 Å². The molecule has 1 unspecified atom stereocenters. The molecular formula is C21H31IO5. The van der Waals surface area contributed by atoms with Crippen molar-refractivity contribution in [1.82, 2.24) is 0 Å². The van der Waals surface area contributed by atoms with E-state index in [1.165, 1.54) is 31.5 Å². The van der Waals surface area contributed by atoms with Crippen molar-refractivity contribution in [3.05, 3.63) is 29.8 Å². The number of carbonyl (C=O) groups excluding carboxylic acids is 2. The van der Waals surface area contributed by atoms with E-state index in [0.29, 0.717) is 25.9 Å². The van der Waals surface area contributed by atoms with Gasteiger partial charge in [0.2, 0.25) is 0 Å². The molecule has 0 N–H and O–H groups in total. The van der Waals surface area contributed by atoms with E-state index in [-0.39, 0.29) is 17.9 Å². The molecule has 0 spiro atoms. The summed E-state index contributed by atoms with van der Waals surface area (Å²) in [5.74, 6) is 0.209. The van der Waals surface area contributed by atoms with Gasteiger partial charge >= 0.3 is 11.9 Å². The summed E-state index contributed by atoms with van der Waals surface area (Å²) in [6.45, 7) is 0.436. The van der Waals surface area contributed by atoms with Gasteiger partial charge in [-0.15, -0.1) is 0 Å². The molecule has 1 atom stereocenters. The third-order valence-electron chi connectivity index (χ3n) is 4.42. The molecule has 0 aromatic heterocycles. The standard InChI is InChI=1S/C21H31IO5/c1-25-20(23)13-9-15-27-19-12-7-6-10-17(19)16-18(21(24)26-2)11-5-3-4-8-14-22/h6-7,10,12,18H,3-5,8-9,11,13-16H2,1-2H3. The highest BCUT2D eigenvalue weighted by molar-refractivity contribution is 14.1. The lowest BCUT2D eigenvalue weighted by Crippen LogP contribution is -2.19. The molecule has 0 saturated heterocycles. The Labute approximate surface area is 176 Å². The van der Waals surface area contributed by atoms with Crippen molar-refractivity contribution in [3.8, 4) is 5.75 Å². The molecule has 6 heteroatoms. The molecule has 0 fully saturated rings. The van der Waals surface area contributed by atoms with Gasteiger partial charge in [0.05, 0.1) is 26.7 Å². The Balaban J connectivity index is 2.60. The Morgan fingerprint density at radius 3 is 2.44 bits per heavy atom. The van der Waals surface area contributed by atoms with Crippen LogP contribution < -0.4 is 4.74 Å². The summed E-state index contributed by atoms with van der Waals surface area (Å²) in [6.07, 6.45) is 6.96. The number of rotatable bonds is 14. The third-order valence-corrected chi connectivity index (χ3v) is 5.18. The lowest BCUT2D eigenvalue weighted by Gasteiger charge is -2.17. The van der Waals surface area contributed by atoms with Crippen LogP contribution in [0.4, 0.5) is 0 Å². The van der Waals surface area contributed by atoms with Crippen molar-refractivity contribution < 1.29 is 23.8 Å². The molecule has 0 radical (unpaired) electrons. The molecule has 0 aliphatic carbocycles. The first-order valence-electron chi connectivity index (χ1n) is 9.53. The summed E-state index contributed by atoms with van der Waals surface area (Å²) in [4.78, 5) is 23.4. The Kier molecular flexibility index (Phi) is 12.9. The van der Waals surface area contributed by atoms with Crippen LogP contribution >= 0.6 is 22.6 Å². The fourth-order valence-electron chi connectivity index (χ4n) is 2.89. The number of benzene rings is 1. The zero-order valence-corrected chi connectivity index (χ0v) is 18.5. The monoisotopic (exact) mass is 490 g/mol. The largest absolute Gasteiger partial charge is 0.493 e. The number of ether oxygens (including phenoxy) is 3. The minimum absolute atomic E-state index is 0.158. The molecule has 1 rings (SSSR count). The van der Waals surface area contributed by atoms with Crippen LogP contribution in [0.25, 0.3) is 0 Å². The second kappa shape index (κ2) is 14.7. The van der Waals surface area contributed by atoms with E-state index in [1.54, 1.807) is 0 Å². The van der Waals surface area contributed by atoms with Crippen LogP contribution in [0.3, 0.4) is 0 Å². The minimum Gasteiger partial charge on any atom is -0.493 e. The van der Waals surface area contributed by atoms with Gasteiger partial charge in [-0.3, -0.25) is 9.59 Å². The van der Waals surface area contributed by atoms with E-state index < -0.39 is 0 Å². The number of para-hydroxylation sites is 1. The van der Waals surface area contributed by atoms with Crippen LogP contribution in [-0.2, 0) is 25.5 Å². The van der Waals surface area contributed by atoms with Crippen LogP contribution in [0.15, 0.2) is 24.3 Å². The van der Waals surface area contributed by atoms with Gasteiger partial charge in [-0.2, -0.15) is 0 Å². The van der Waals surface area contributed by atoms with Crippen molar-refractivity contribution in [2.45, 2.75) is 51.4 Å². The smallest absolute Gasteiger partial charge is 0.308 e. The van der Waals surface area contributed by atoms with Gasteiger partial charge < -0.3 is 14.2 Å². The normalized spacial score (nSPS) is 11.7. The number of unbranched alkanes of at least 4 members (excludes halogenated alkanes) is 3. The molecule has 152 valence electrons. The van der Waals surface area contributed by atoms with E-state index >= 15 is 0 Å². The molecule has 5 nitrogen and oxygen atoms in total. The van der Waals surface area contributed by atoms with Gasteiger partial charge in [-0.1, -0.05) is 60.1 Å². The van der Waals surface area contributed by atoms with Crippen molar-refractivity contribution >= 4 is 34.5 Å². The van der Waals surface area contributed by atoms with E-state index in [2.05, 4.69) is 27.3 Å². The molecule has 0 aliphatic rings. The van der Waals surface area contributed by atoms with Crippen molar-refractivity contribution in [1.29, 1.82) is 0 Å². The Bertz CT molecular complexity index is 561. The van der Waals surface area contributed by atoms with Crippen molar-refractivity contribution in [2.75, 3.05) is 25.3 Å². The molecule has 1 aromatic rings. The highest BCUT2D eigenvalue weighted by atomic mass is 127. The molecule has 27 heavy (non-hydrogen) atoms. The average Bonchev–Trinajstić information content (AvgIpc) is 2.70. The summed E-state index contributed by atoms with van der Waals surface area (Å²) < 4.78 is 16.7. The first kappa shape index (κ1) is 23.7. The van der Waals surface area contributed by atoms with Gasteiger partial charge in [0.15, 0.2) is 0 Å². The highest BCUT2D eigenvalue weighted by Crippen LogP contribution is 2.25. The fourth-order valence-corrected chi connectivity index (χ4v) is 3.43. The lowest BCUT2D eigenvalue weighted by atomic mass is 9.93. The van der Waals surface area contributed by atoms with E-state index in [9.17, 15) is 9.59 Å². The summed E-state index contributed by atoms with van der Waals surface area (Å²) >= 11 is 2.39. The van der Waals surface area contributed by atoms with Gasteiger partial charge in [0.1, 0.15) is 5.75 Å². The highest BCUT2D eigenvalue weighted by Gasteiger charge is 2.21. The Morgan fingerprint density at radius 1 is 1.00 bits per heavy atom. The fraction of sp³-hybridized carbons (Fsp3) is 0.619. The maximum atomic E-state index is 12.2. The van der Waals surface area contributed by atoms with Crippen LogP contribution in [-0.4, -0.2) is 37.2 Å². The van der Waals surface area contributed by atoms with E-state index in [1.807, 2.05) is 24.3 Å². The van der Waals surface area contributed by atoms with Gasteiger partial charge in [0.25, 0.3) is 0 Å².